The molecular weight excluding hydrogens is 464 g/mol. The van der Waals surface area contributed by atoms with Gasteiger partial charge in [-0.1, -0.05) is 30.3 Å². The number of carbonyl (C=O) groups is 1. The number of rotatable bonds is 10. The minimum absolute atomic E-state index is 0.0564. The number of nitrogen functional groups attached to an aromatic ring is 1. The van der Waals surface area contributed by atoms with Crippen molar-refractivity contribution in [1.29, 1.82) is 0 Å². The average molecular weight is 495 g/mol. The van der Waals surface area contributed by atoms with Gasteiger partial charge in [-0.05, 0) is 44.5 Å². The molecule has 0 spiro atoms. The predicted octanol–water partition coefficient (Wildman–Crippen LogP) is 4.24. The Kier molecular flexibility index (Phi) is 9.13. The van der Waals surface area contributed by atoms with E-state index in [0.29, 0.717) is 62.6 Å². The number of hydrogen-bond acceptors (Lipinski definition) is 6. The standard InChI is InChI=1S/C26H30N4O4S/c1-17-8-7-11-22(34-21-9-5-4-6-10-21)24(17)26(33)35-23(12-13-31)18(2)30(16-32)15-20-14-28-19(3)29-25(20)27/h4-11,14,16,31,33,35H,12-13,15H2,1-3H3,(H2,27,28,29)/b23-18-. The average Bonchev–Trinajstić information content (AvgIpc) is 2.83. The highest BCUT2D eigenvalue weighted by Gasteiger charge is 2.16. The van der Waals surface area contributed by atoms with E-state index in [2.05, 4.69) is 9.97 Å². The number of nitrogens with zero attached hydrogens (tertiary/aromatic N) is 3. The maximum Gasteiger partial charge on any atom is 0.214 e. The third-order valence-corrected chi connectivity index (χ3v) is 6.61. The Bertz CT molecular complexity index is 1250. The molecule has 35 heavy (non-hydrogen) atoms. The highest BCUT2D eigenvalue weighted by atomic mass is 32.1. The summed E-state index contributed by atoms with van der Waals surface area (Å²) in [5.41, 5.74) is 8.61. The molecule has 0 radical (unpaired) electrons. The van der Waals surface area contributed by atoms with Gasteiger partial charge in [-0.3, -0.25) is 4.79 Å². The minimum atomic E-state index is -0.142. The molecule has 0 aliphatic carbocycles. The molecule has 3 aromatic rings. The Morgan fingerprint density at radius 2 is 1.91 bits per heavy atom. The van der Waals surface area contributed by atoms with Gasteiger partial charge in [0.25, 0.3) is 0 Å². The SMILES string of the molecule is C/C(=C(CCO)/[SH]=C(\O)c1c(C)cccc1Oc1ccccc1)N(C=O)Cc1cnc(C)nc1N. The van der Waals surface area contributed by atoms with Crippen LogP contribution in [0.4, 0.5) is 5.82 Å². The molecule has 4 N–H and O–H groups in total. The molecule has 0 aliphatic heterocycles. The lowest BCUT2D eigenvalue weighted by Gasteiger charge is -2.22. The summed E-state index contributed by atoms with van der Waals surface area (Å²) in [7, 11) is 0. The summed E-state index contributed by atoms with van der Waals surface area (Å²) in [5.74, 6) is 2.01. The Balaban J connectivity index is 1.99. The molecule has 1 heterocycles. The van der Waals surface area contributed by atoms with Gasteiger partial charge in [0.1, 0.15) is 28.2 Å². The third-order valence-electron chi connectivity index (χ3n) is 5.35. The van der Waals surface area contributed by atoms with E-state index in [1.165, 1.54) is 4.90 Å². The Hall–Kier alpha value is -3.53. The van der Waals surface area contributed by atoms with Gasteiger partial charge in [0.15, 0.2) is 0 Å². The zero-order valence-corrected chi connectivity index (χ0v) is 20.9. The number of para-hydroxylation sites is 1. The van der Waals surface area contributed by atoms with E-state index in [1.807, 2.05) is 49.4 Å². The minimum Gasteiger partial charge on any atom is -0.457 e. The van der Waals surface area contributed by atoms with Crippen molar-refractivity contribution < 1.29 is 19.7 Å². The molecule has 1 aromatic heterocycles. The van der Waals surface area contributed by atoms with Gasteiger partial charge >= 0.3 is 0 Å². The van der Waals surface area contributed by atoms with E-state index < -0.39 is 0 Å². The van der Waals surface area contributed by atoms with Gasteiger partial charge in [0.2, 0.25) is 6.41 Å². The number of hydrogen-bond donors (Lipinski definition) is 4. The van der Waals surface area contributed by atoms with Crippen molar-refractivity contribution in [3.05, 3.63) is 87.8 Å². The lowest BCUT2D eigenvalue weighted by molar-refractivity contribution is -0.116. The van der Waals surface area contributed by atoms with Gasteiger partial charge < -0.3 is 25.6 Å². The van der Waals surface area contributed by atoms with Gasteiger partial charge in [-0.2, -0.15) is 0 Å². The molecule has 184 valence electrons. The maximum atomic E-state index is 12.0. The largest absolute Gasteiger partial charge is 0.457 e. The van der Waals surface area contributed by atoms with Crippen molar-refractivity contribution in [1.82, 2.24) is 14.9 Å². The summed E-state index contributed by atoms with van der Waals surface area (Å²) < 4.78 is 6.04. The number of allylic oxidation sites excluding steroid dienone is 1. The number of amides is 1. The molecular formula is C26H30N4O4S. The molecule has 2 aromatic carbocycles. The Morgan fingerprint density at radius 3 is 2.57 bits per heavy atom. The van der Waals surface area contributed by atoms with Crippen molar-refractivity contribution in [2.24, 2.45) is 0 Å². The number of thiol groups is 1. The summed E-state index contributed by atoms with van der Waals surface area (Å²) in [6.45, 7) is 5.42. The van der Waals surface area contributed by atoms with Crippen LogP contribution in [0.5, 0.6) is 11.5 Å². The van der Waals surface area contributed by atoms with Crippen molar-refractivity contribution in [2.75, 3.05) is 12.3 Å². The quantitative estimate of drug-likeness (QED) is 0.189. The number of anilines is 1. The highest BCUT2D eigenvalue weighted by molar-refractivity contribution is 8.02. The molecule has 0 bridgehead atoms. The number of aliphatic hydroxyl groups is 2. The van der Waals surface area contributed by atoms with E-state index in [0.717, 1.165) is 5.56 Å². The fourth-order valence-electron chi connectivity index (χ4n) is 3.45. The van der Waals surface area contributed by atoms with Gasteiger partial charge in [0.05, 0.1) is 12.1 Å². The first-order valence-corrected chi connectivity index (χ1v) is 11.9. The van der Waals surface area contributed by atoms with Gasteiger partial charge in [-0.15, -0.1) is 11.4 Å². The summed E-state index contributed by atoms with van der Waals surface area (Å²) >= 11 is 0.447. The van der Waals surface area contributed by atoms with Crippen LogP contribution in [0.15, 0.2) is 65.3 Å². The van der Waals surface area contributed by atoms with Gasteiger partial charge in [-0.25, -0.2) is 9.97 Å². The number of nitrogens with two attached hydrogens (primary N) is 1. The first-order valence-electron chi connectivity index (χ1n) is 11.0. The van der Waals surface area contributed by atoms with Crippen LogP contribution in [0.25, 0.3) is 0 Å². The molecule has 0 atom stereocenters. The summed E-state index contributed by atoms with van der Waals surface area (Å²) in [4.78, 5) is 22.4. The monoisotopic (exact) mass is 494 g/mol. The van der Waals surface area contributed by atoms with E-state index in [9.17, 15) is 15.0 Å². The normalized spacial score (nSPS) is 12.4. The molecule has 0 saturated heterocycles. The lowest BCUT2D eigenvalue weighted by Crippen LogP contribution is -2.22. The zero-order valence-electron chi connectivity index (χ0n) is 20.0. The first kappa shape index (κ1) is 26.1. The molecule has 0 saturated carbocycles. The maximum absolute atomic E-state index is 12.0. The molecule has 3 rings (SSSR count). The number of benzene rings is 2. The van der Waals surface area contributed by atoms with E-state index in [4.69, 9.17) is 10.5 Å². The first-order chi connectivity index (χ1) is 16.8. The third kappa shape index (κ3) is 6.75. The molecule has 1 amide bonds. The van der Waals surface area contributed by atoms with Crippen LogP contribution in [0, 0.1) is 13.8 Å². The number of aromatic nitrogens is 2. The molecule has 0 unspecified atom stereocenters. The molecule has 0 aliphatic rings. The van der Waals surface area contributed by atoms with Crippen LogP contribution in [-0.2, 0) is 11.3 Å². The summed E-state index contributed by atoms with van der Waals surface area (Å²) in [6.07, 6.45) is 2.55. The van der Waals surface area contributed by atoms with Crippen molar-refractivity contribution >= 4 is 28.6 Å². The molecule has 9 heteroatoms. The Labute approximate surface area is 208 Å². The van der Waals surface area contributed by atoms with E-state index in [1.54, 1.807) is 26.1 Å². The summed E-state index contributed by atoms with van der Waals surface area (Å²) in [5, 5.41) is 20.9. The van der Waals surface area contributed by atoms with Crippen LogP contribution in [0.2, 0.25) is 0 Å². The van der Waals surface area contributed by atoms with Crippen LogP contribution in [-0.4, -0.2) is 43.1 Å². The molecule has 0 fully saturated rings. The second kappa shape index (κ2) is 12.3. The fraction of sp³-hybridized carbons (Fsp3) is 0.231. The van der Waals surface area contributed by atoms with E-state index >= 15 is 0 Å². The predicted molar refractivity (Wildman–Crippen MR) is 141 cm³/mol. The Morgan fingerprint density at radius 1 is 1.17 bits per heavy atom. The van der Waals surface area contributed by atoms with Crippen LogP contribution in [0.3, 0.4) is 0 Å². The van der Waals surface area contributed by atoms with Crippen LogP contribution in [0.1, 0.15) is 35.9 Å². The van der Waals surface area contributed by atoms with Crippen LogP contribution >= 0.6 is 11.4 Å². The van der Waals surface area contributed by atoms with Crippen molar-refractivity contribution in [3.63, 3.8) is 0 Å². The number of carbonyl (C=O) groups excluding carboxylic acids is 1. The van der Waals surface area contributed by atoms with Gasteiger partial charge in [0, 0.05) is 35.4 Å². The van der Waals surface area contributed by atoms with Crippen molar-refractivity contribution in [2.45, 2.75) is 33.7 Å². The number of aliphatic hydroxyl groups excluding tert-OH is 2. The lowest BCUT2D eigenvalue weighted by atomic mass is 10.1. The zero-order chi connectivity index (χ0) is 25.4. The van der Waals surface area contributed by atoms with E-state index in [-0.39, 0.29) is 24.6 Å². The topological polar surface area (TPSA) is 122 Å². The second-order valence-electron chi connectivity index (χ2n) is 7.87. The van der Waals surface area contributed by atoms with Crippen molar-refractivity contribution in [3.8, 4) is 11.5 Å². The smallest absolute Gasteiger partial charge is 0.214 e. The number of ether oxygens (including phenoxy) is 1. The summed E-state index contributed by atoms with van der Waals surface area (Å²) in [6, 6.07) is 14.9. The fourth-order valence-corrected chi connectivity index (χ4v) is 4.61. The molecule has 8 nitrogen and oxygen atoms in total. The number of aryl methyl sites for hydroxylation is 2. The highest BCUT2D eigenvalue weighted by Crippen LogP contribution is 2.31. The second-order valence-corrected chi connectivity index (χ2v) is 9.05. The van der Waals surface area contributed by atoms with Crippen LogP contribution < -0.4 is 10.5 Å².